The molecule has 1 aromatic carbocycles. The molecule has 0 aliphatic rings. The first-order chi connectivity index (χ1) is 11.1. The van der Waals surface area contributed by atoms with Gasteiger partial charge in [-0.25, -0.2) is 4.39 Å². The van der Waals surface area contributed by atoms with E-state index in [1.165, 1.54) is 18.2 Å². The largest absolute Gasteiger partial charge is 0.355 e. The van der Waals surface area contributed by atoms with Gasteiger partial charge in [0.05, 0.1) is 0 Å². The van der Waals surface area contributed by atoms with Crippen LogP contribution in [0.2, 0.25) is 0 Å². The lowest BCUT2D eigenvalue weighted by molar-refractivity contribution is 0.102. The van der Waals surface area contributed by atoms with Gasteiger partial charge >= 0.3 is 0 Å². The summed E-state index contributed by atoms with van der Waals surface area (Å²) < 4.78 is 13.1. The van der Waals surface area contributed by atoms with E-state index in [0.29, 0.717) is 5.69 Å². The molecule has 0 aliphatic carbocycles. The quantitative estimate of drug-likeness (QED) is 0.849. The van der Waals surface area contributed by atoms with E-state index in [1.54, 1.807) is 18.2 Å². The van der Waals surface area contributed by atoms with Crippen LogP contribution in [0.4, 0.5) is 15.9 Å². The molecule has 6 heteroatoms. The molecule has 23 heavy (non-hydrogen) atoms. The molecule has 1 N–H and O–H groups in total. The monoisotopic (exact) mass is 316 g/mol. The Kier molecular flexibility index (Phi) is 6.02. The van der Waals surface area contributed by atoms with Gasteiger partial charge in [-0.2, -0.15) is 0 Å². The van der Waals surface area contributed by atoms with Crippen molar-refractivity contribution in [2.75, 3.05) is 23.3 Å². The first-order valence-corrected chi connectivity index (χ1v) is 7.79. The third kappa shape index (κ3) is 4.74. The lowest BCUT2D eigenvalue weighted by atomic mass is 10.3. The second kappa shape index (κ2) is 8.22. The van der Waals surface area contributed by atoms with E-state index in [9.17, 15) is 9.18 Å². The van der Waals surface area contributed by atoms with Crippen molar-refractivity contribution in [3.05, 3.63) is 47.9 Å². The summed E-state index contributed by atoms with van der Waals surface area (Å²) in [6, 6.07) is 9.15. The van der Waals surface area contributed by atoms with Crippen LogP contribution in [0.1, 0.15) is 37.2 Å². The van der Waals surface area contributed by atoms with Crippen molar-refractivity contribution < 1.29 is 9.18 Å². The van der Waals surface area contributed by atoms with Gasteiger partial charge in [-0.3, -0.25) is 4.79 Å². The molecule has 1 aromatic heterocycles. The number of anilines is 2. The SMILES string of the molecule is CCCN(CCC)c1ccc(C(=O)Nc2cccc(F)c2)nn1. The van der Waals surface area contributed by atoms with Gasteiger partial charge in [0, 0.05) is 18.8 Å². The highest BCUT2D eigenvalue weighted by atomic mass is 19.1. The standard InChI is InChI=1S/C17H21FN4O/c1-3-10-22(11-4-2)16-9-8-15(20-21-16)17(23)19-14-7-5-6-13(18)12-14/h5-9,12H,3-4,10-11H2,1-2H3,(H,19,23). The molecule has 0 spiro atoms. The highest BCUT2D eigenvalue weighted by Gasteiger charge is 2.11. The van der Waals surface area contributed by atoms with Crippen LogP contribution in [0.15, 0.2) is 36.4 Å². The number of amides is 1. The minimum Gasteiger partial charge on any atom is -0.355 e. The summed E-state index contributed by atoms with van der Waals surface area (Å²) in [6.07, 6.45) is 2.03. The van der Waals surface area contributed by atoms with E-state index in [4.69, 9.17) is 0 Å². The highest BCUT2D eigenvalue weighted by molar-refractivity contribution is 6.02. The molecule has 122 valence electrons. The van der Waals surface area contributed by atoms with Crippen molar-refractivity contribution >= 4 is 17.4 Å². The highest BCUT2D eigenvalue weighted by Crippen LogP contribution is 2.13. The Morgan fingerprint density at radius 2 is 1.87 bits per heavy atom. The van der Waals surface area contributed by atoms with Crippen molar-refractivity contribution in [3.8, 4) is 0 Å². The fourth-order valence-corrected chi connectivity index (χ4v) is 2.26. The van der Waals surface area contributed by atoms with Gasteiger partial charge in [0.2, 0.25) is 0 Å². The minimum absolute atomic E-state index is 0.200. The molecule has 5 nitrogen and oxygen atoms in total. The summed E-state index contributed by atoms with van der Waals surface area (Å²) in [5.41, 5.74) is 0.588. The zero-order chi connectivity index (χ0) is 16.7. The Balaban J connectivity index is 2.07. The van der Waals surface area contributed by atoms with Crippen LogP contribution in [-0.2, 0) is 0 Å². The normalized spacial score (nSPS) is 10.4. The maximum absolute atomic E-state index is 13.1. The Morgan fingerprint density at radius 3 is 2.43 bits per heavy atom. The maximum atomic E-state index is 13.1. The number of hydrogen-bond acceptors (Lipinski definition) is 4. The van der Waals surface area contributed by atoms with E-state index < -0.39 is 11.7 Å². The molecule has 0 saturated carbocycles. The maximum Gasteiger partial charge on any atom is 0.276 e. The van der Waals surface area contributed by atoms with Gasteiger partial charge in [0.1, 0.15) is 5.82 Å². The predicted octanol–water partition coefficient (Wildman–Crippen LogP) is 3.49. The Labute approximate surface area is 135 Å². The molecular weight excluding hydrogens is 295 g/mol. The van der Waals surface area contributed by atoms with Gasteiger partial charge in [0.15, 0.2) is 11.5 Å². The van der Waals surface area contributed by atoms with Gasteiger partial charge < -0.3 is 10.2 Å². The molecule has 0 aliphatic heterocycles. The molecule has 0 unspecified atom stereocenters. The molecule has 0 atom stereocenters. The second-order valence-electron chi connectivity index (χ2n) is 5.23. The fraction of sp³-hybridized carbons (Fsp3) is 0.353. The molecule has 0 saturated heterocycles. The number of hydrogen-bond donors (Lipinski definition) is 1. The Bertz CT molecular complexity index is 639. The van der Waals surface area contributed by atoms with Crippen LogP contribution in [0.25, 0.3) is 0 Å². The van der Waals surface area contributed by atoms with Crippen LogP contribution >= 0.6 is 0 Å². The summed E-state index contributed by atoms with van der Waals surface area (Å²) in [5, 5.41) is 10.7. The number of carbonyl (C=O) groups is 1. The number of benzene rings is 1. The number of carbonyl (C=O) groups excluding carboxylic acids is 1. The first kappa shape index (κ1) is 16.9. The molecule has 0 radical (unpaired) electrons. The van der Waals surface area contributed by atoms with E-state index in [-0.39, 0.29) is 5.69 Å². The van der Waals surface area contributed by atoms with Gasteiger partial charge in [-0.1, -0.05) is 19.9 Å². The zero-order valence-electron chi connectivity index (χ0n) is 13.4. The smallest absolute Gasteiger partial charge is 0.276 e. The van der Waals surface area contributed by atoms with E-state index >= 15 is 0 Å². The summed E-state index contributed by atoms with van der Waals surface area (Å²) in [5.74, 6) is -0.0535. The number of halogens is 1. The Hall–Kier alpha value is -2.50. The zero-order valence-corrected chi connectivity index (χ0v) is 13.4. The Morgan fingerprint density at radius 1 is 1.13 bits per heavy atom. The van der Waals surface area contributed by atoms with Crippen molar-refractivity contribution in [2.45, 2.75) is 26.7 Å². The van der Waals surface area contributed by atoms with Gasteiger partial charge in [0.25, 0.3) is 5.91 Å². The third-order valence-corrected chi connectivity index (χ3v) is 3.28. The topological polar surface area (TPSA) is 58.1 Å². The number of nitrogens with zero attached hydrogens (tertiary/aromatic N) is 3. The van der Waals surface area contributed by atoms with E-state index in [1.807, 2.05) is 0 Å². The summed E-state index contributed by atoms with van der Waals surface area (Å²) in [4.78, 5) is 14.2. The average Bonchev–Trinajstić information content (AvgIpc) is 2.55. The molecule has 0 bridgehead atoms. The van der Waals surface area contributed by atoms with Crippen molar-refractivity contribution in [1.82, 2.24) is 10.2 Å². The van der Waals surface area contributed by atoms with Crippen LogP contribution in [0.5, 0.6) is 0 Å². The van der Waals surface area contributed by atoms with Crippen molar-refractivity contribution in [3.63, 3.8) is 0 Å². The average molecular weight is 316 g/mol. The van der Waals surface area contributed by atoms with Crippen LogP contribution in [0, 0.1) is 5.82 Å². The van der Waals surface area contributed by atoms with E-state index in [2.05, 4.69) is 34.3 Å². The third-order valence-electron chi connectivity index (χ3n) is 3.28. The fourth-order valence-electron chi connectivity index (χ4n) is 2.26. The number of rotatable bonds is 7. The van der Waals surface area contributed by atoms with Crippen LogP contribution < -0.4 is 10.2 Å². The molecule has 0 fully saturated rings. The minimum atomic E-state index is -0.410. The molecular formula is C17H21FN4O. The molecule has 2 aromatic rings. The van der Waals surface area contributed by atoms with Crippen molar-refractivity contribution in [2.24, 2.45) is 0 Å². The lowest BCUT2D eigenvalue weighted by Crippen LogP contribution is -2.26. The molecule has 2 rings (SSSR count). The summed E-state index contributed by atoms with van der Waals surface area (Å²) in [7, 11) is 0. The summed E-state index contributed by atoms with van der Waals surface area (Å²) in [6.45, 7) is 6.02. The lowest BCUT2D eigenvalue weighted by Gasteiger charge is -2.21. The van der Waals surface area contributed by atoms with Crippen molar-refractivity contribution in [1.29, 1.82) is 0 Å². The predicted molar refractivity (Wildman–Crippen MR) is 89.2 cm³/mol. The number of nitrogens with one attached hydrogen (secondary N) is 1. The van der Waals surface area contributed by atoms with Gasteiger partial charge in [-0.15, -0.1) is 10.2 Å². The van der Waals surface area contributed by atoms with Crippen LogP contribution in [0.3, 0.4) is 0 Å². The second-order valence-corrected chi connectivity index (χ2v) is 5.23. The van der Waals surface area contributed by atoms with Gasteiger partial charge in [-0.05, 0) is 43.2 Å². The molecule has 1 amide bonds. The summed E-state index contributed by atoms with van der Waals surface area (Å²) >= 11 is 0. The molecule has 1 heterocycles. The first-order valence-electron chi connectivity index (χ1n) is 7.79. The van der Waals surface area contributed by atoms with E-state index in [0.717, 1.165) is 31.7 Å². The van der Waals surface area contributed by atoms with Crippen LogP contribution in [-0.4, -0.2) is 29.2 Å². The number of aromatic nitrogens is 2.